The molecule has 102 valence electrons. The third kappa shape index (κ3) is 2.76. The first-order valence-electron chi connectivity index (χ1n) is 5.61. The summed E-state index contributed by atoms with van der Waals surface area (Å²) in [5, 5.41) is 0.149. The van der Waals surface area contributed by atoms with Gasteiger partial charge in [0.15, 0.2) is 0 Å². The zero-order chi connectivity index (χ0) is 14.2. The monoisotopic (exact) mass is 271 g/mol. The van der Waals surface area contributed by atoms with Crippen molar-refractivity contribution in [3.05, 3.63) is 40.4 Å². The lowest BCUT2D eigenvalue weighted by Gasteiger charge is -2.10. The molecule has 0 saturated heterocycles. The fraction of sp³-hybridized carbons (Fsp3) is 0.333. The summed E-state index contributed by atoms with van der Waals surface area (Å²) in [6.45, 7) is 1.99. The highest BCUT2D eigenvalue weighted by Gasteiger charge is 2.30. The highest BCUT2D eigenvalue weighted by Crippen LogP contribution is 2.30. The standard InChI is InChI=1S/C12H12F3N3O/c1-7(16)5-18-6-17-10-4-8(12(13,14)15)2-3-9(10)11(18)19/h2-4,6-7H,5,16H2,1H3. The van der Waals surface area contributed by atoms with E-state index in [1.54, 1.807) is 6.92 Å². The van der Waals surface area contributed by atoms with Gasteiger partial charge >= 0.3 is 6.18 Å². The molecule has 0 aliphatic rings. The topological polar surface area (TPSA) is 60.9 Å². The molecule has 0 radical (unpaired) electrons. The third-order valence-corrected chi connectivity index (χ3v) is 2.64. The predicted molar refractivity (Wildman–Crippen MR) is 64.7 cm³/mol. The van der Waals surface area contributed by atoms with Gasteiger partial charge in [0, 0.05) is 12.6 Å². The third-order valence-electron chi connectivity index (χ3n) is 2.64. The molecule has 1 unspecified atom stereocenters. The molecule has 1 atom stereocenters. The Balaban J connectivity index is 2.57. The Bertz CT molecular complexity index is 661. The van der Waals surface area contributed by atoms with Crippen LogP contribution in [0, 0.1) is 0 Å². The number of nitrogens with zero attached hydrogens (tertiary/aromatic N) is 2. The van der Waals surface area contributed by atoms with Crippen LogP contribution in [0.25, 0.3) is 10.9 Å². The van der Waals surface area contributed by atoms with E-state index in [0.717, 1.165) is 18.2 Å². The summed E-state index contributed by atoms with van der Waals surface area (Å²) < 4.78 is 38.9. The molecule has 0 amide bonds. The van der Waals surface area contributed by atoms with Crippen LogP contribution >= 0.6 is 0 Å². The van der Waals surface area contributed by atoms with Gasteiger partial charge in [0.05, 0.1) is 22.8 Å². The molecule has 7 heteroatoms. The molecule has 4 nitrogen and oxygen atoms in total. The van der Waals surface area contributed by atoms with Crippen molar-refractivity contribution in [2.45, 2.75) is 25.7 Å². The first kappa shape index (κ1) is 13.5. The number of fused-ring (bicyclic) bond motifs is 1. The summed E-state index contributed by atoms with van der Waals surface area (Å²) in [5.41, 5.74) is 4.40. The Hall–Kier alpha value is -1.89. The van der Waals surface area contributed by atoms with Crippen LogP contribution in [0.1, 0.15) is 12.5 Å². The molecule has 0 saturated carbocycles. The summed E-state index contributed by atoms with van der Waals surface area (Å²) in [7, 11) is 0. The van der Waals surface area contributed by atoms with Gasteiger partial charge in [0.2, 0.25) is 0 Å². The molecule has 0 aliphatic heterocycles. The van der Waals surface area contributed by atoms with Gasteiger partial charge in [-0.1, -0.05) is 0 Å². The van der Waals surface area contributed by atoms with Crippen molar-refractivity contribution in [2.75, 3.05) is 0 Å². The van der Waals surface area contributed by atoms with Crippen molar-refractivity contribution >= 4 is 10.9 Å². The van der Waals surface area contributed by atoms with E-state index < -0.39 is 17.3 Å². The van der Waals surface area contributed by atoms with Gasteiger partial charge < -0.3 is 5.73 Å². The van der Waals surface area contributed by atoms with Gasteiger partial charge in [0.1, 0.15) is 0 Å². The molecular formula is C12H12F3N3O. The highest BCUT2D eigenvalue weighted by molar-refractivity contribution is 5.78. The molecule has 1 aromatic heterocycles. The van der Waals surface area contributed by atoms with E-state index in [1.165, 1.54) is 10.9 Å². The first-order chi connectivity index (χ1) is 8.79. The molecule has 0 aliphatic carbocycles. The first-order valence-corrected chi connectivity index (χ1v) is 5.61. The van der Waals surface area contributed by atoms with Crippen molar-refractivity contribution in [1.29, 1.82) is 0 Å². The lowest BCUT2D eigenvalue weighted by molar-refractivity contribution is -0.137. The average Bonchev–Trinajstić information content (AvgIpc) is 2.31. The lowest BCUT2D eigenvalue weighted by Crippen LogP contribution is -2.30. The summed E-state index contributed by atoms with van der Waals surface area (Å²) in [5.74, 6) is 0. The largest absolute Gasteiger partial charge is 0.416 e. The van der Waals surface area contributed by atoms with E-state index in [-0.39, 0.29) is 23.5 Å². The second kappa shape index (κ2) is 4.65. The Labute approximate surface area is 106 Å². The van der Waals surface area contributed by atoms with E-state index in [9.17, 15) is 18.0 Å². The maximum absolute atomic E-state index is 12.5. The second-order valence-electron chi connectivity index (χ2n) is 4.41. The minimum absolute atomic E-state index is 0.0285. The Kier molecular flexibility index (Phi) is 3.32. The number of benzene rings is 1. The molecule has 0 bridgehead atoms. The second-order valence-corrected chi connectivity index (χ2v) is 4.41. The maximum atomic E-state index is 12.5. The predicted octanol–water partition coefficient (Wildman–Crippen LogP) is 1.76. The minimum Gasteiger partial charge on any atom is -0.326 e. The minimum atomic E-state index is -4.45. The van der Waals surface area contributed by atoms with Crippen LogP contribution in [0.2, 0.25) is 0 Å². The number of rotatable bonds is 2. The lowest BCUT2D eigenvalue weighted by atomic mass is 10.1. The number of hydrogen-bond acceptors (Lipinski definition) is 3. The summed E-state index contributed by atoms with van der Waals surface area (Å²) in [6.07, 6.45) is -3.23. The molecule has 0 fully saturated rings. The quantitative estimate of drug-likeness (QED) is 0.905. The molecule has 1 aromatic carbocycles. The number of halogens is 3. The maximum Gasteiger partial charge on any atom is 0.416 e. The number of aromatic nitrogens is 2. The van der Waals surface area contributed by atoms with E-state index >= 15 is 0 Å². The van der Waals surface area contributed by atoms with E-state index in [1.807, 2.05) is 0 Å². The Morgan fingerprint density at radius 2 is 2.11 bits per heavy atom. The van der Waals surface area contributed by atoms with Crippen molar-refractivity contribution < 1.29 is 13.2 Å². The van der Waals surface area contributed by atoms with Gasteiger partial charge in [-0.05, 0) is 25.1 Å². The van der Waals surface area contributed by atoms with Gasteiger partial charge in [-0.2, -0.15) is 13.2 Å². The van der Waals surface area contributed by atoms with Crippen LogP contribution in [0.15, 0.2) is 29.3 Å². The van der Waals surface area contributed by atoms with Crippen molar-refractivity contribution in [3.8, 4) is 0 Å². The van der Waals surface area contributed by atoms with Crippen LogP contribution in [-0.4, -0.2) is 15.6 Å². The Morgan fingerprint density at radius 3 is 2.68 bits per heavy atom. The van der Waals surface area contributed by atoms with Crippen molar-refractivity contribution in [1.82, 2.24) is 9.55 Å². The highest BCUT2D eigenvalue weighted by atomic mass is 19.4. The molecule has 2 rings (SSSR count). The SMILES string of the molecule is CC(N)Cn1cnc2cc(C(F)(F)F)ccc2c1=O. The zero-order valence-electron chi connectivity index (χ0n) is 10.1. The van der Waals surface area contributed by atoms with Gasteiger partial charge in [0.25, 0.3) is 5.56 Å². The van der Waals surface area contributed by atoms with Crippen LogP contribution in [0.3, 0.4) is 0 Å². The molecule has 1 heterocycles. The average molecular weight is 271 g/mol. The normalized spacial score (nSPS) is 13.7. The fourth-order valence-corrected chi connectivity index (χ4v) is 1.77. The van der Waals surface area contributed by atoms with Crippen LogP contribution in [0.5, 0.6) is 0 Å². The summed E-state index contributed by atoms with van der Waals surface area (Å²) >= 11 is 0. The van der Waals surface area contributed by atoms with E-state index in [0.29, 0.717) is 0 Å². The van der Waals surface area contributed by atoms with Crippen LogP contribution in [-0.2, 0) is 12.7 Å². The molecule has 2 N–H and O–H groups in total. The van der Waals surface area contributed by atoms with Crippen molar-refractivity contribution in [3.63, 3.8) is 0 Å². The molecule has 19 heavy (non-hydrogen) atoms. The number of alkyl halides is 3. The number of nitrogens with two attached hydrogens (primary N) is 1. The van der Waals surface area contributed by atoms with E-state index in [2.05, 4.69) is 4.98 Å². The van der Waals surface area contributed by atoms with Crippen molar-refractivity contribution in [2.24, 2.45) is 5.73 Å². The van der Waals surface area contributed by atoms with Gasteiger partial charge in [-0.15, -0.1) is 0 Å². The zero-order valence-corrected chi connectivity index (χ0v) is 10.1. The molecule has 2 aromatic rings. The van der Waals surface area contributed by atoms with Crippen LogP contribution in [0.4, 0.5) is 13.2 Å². The fourth-order valence-electron chi connectivity index (χ4n) is 1.77. The summed E-state index contributed by atoms with van der Waals surface area (Å²) in [6, 6.07) is 2.64. The van der Waals surface area contributed by atoms with E-state index in [4.69, 9.17) is 5.73 Å². The summed E-state index contributed by atoms with van der Waals surface area (Å²) in [4.78, 5) is 15.9. The van der Waals surface area contributed by atoms with Crippen LogP contribution < -0.4 is 11.3 Å². The number of hydrogen-bond donors (Lipinski definition) is 1. The van der Waals surface area contributed by atoms with Gasteiger partial charge in [-0.25, -0.2) is 4.98 Å². The molecule has 0 spiro atoms. The van der Waals surface area contributed by atoms with Gasteiger partial charge in [-0.3, -0.25) is 9.36 Å². The molecular weight excluding hydrogens is 259 g/mol. The Morgan fingerprint density at radius 1 is 1.42 bits per heavy atom. The smallest absolute Gasteiger partial charge is 0.326 e.